The Bertz CT molecular complexity index is 837. The van der Waals surface area contributed by atoms with Crippen molar-refractivity contribution in [3.8, 4) is 5.75 Å². The highest BCUT2D eigenvalue weighted by Crippen LogP contribution is 2.16. The normalized spacial score (nSPS) is 14.4. The summed E-state index contributed by atoms with van der Waals surface area (Å²) in [7, 11) is 0. The van der Waals surface area contributed by atoms with Gasteiger partial charge in [-0.15, -0.1) is 0 Å². The van der Waals surface area contributed by atoms with E-state index in [9.17, 15) is 14.4 Å². The molecule has 1 N–H and O–H groups in total. The average Bonchev–Trinajstić information content (AvgIpc) is 3.12. The number of amides is 3. The standard InChI is InChI=1S/C20H20N2O5/c1-14(18(23)22-12-11-21-20(22)25)27-19(24)17-10-6-5-7-15(17)13-26-16-8-3-2-4-9-16/h2-10,14H,11-13H2,1H3,(H,21,25)/t14-/m0/s1. The zero-order valence-electron chi connectivity index (χ0n) is 14.9. The van der Waals surface area contributed by atoms with Crippen molar-refractivity contribution in [2.45, 2.75) is 19.6 Å². The molecule has 1 saturated heterocycles. The molecule has 1 atom stereocenters. The molecule has 0 aliphatic carbocycles. The maximum absolute atomic E-state index is 12.5. The molecule has 0 radical (unpaired) electrons. The predicted octanol–water partition coefficient (Wildman–Crippen LogP) is 2.36. The van der Waals surface area contributed by atoms with Gasteiger partial charge >= 0.3 is 12.0 Å². The summed E-state index contributed by atoms with van der Waals surface area (Å²) in [5.74, 6) is -0.497. The molecule has 0 unspecified atom stereocenters. The summed E-state index contributed by atoms with van der Waals surface area (Å²) in [4.78, 5) is 37.5. The Morgan fingerprint density at radius 1 is 1.11 bits per heavy atom. The molecule has 0 spiro atoms. The summed E-state index contributed by atoms with van der Waals surface area (Å²) in [6.45, 7) is 2.30. The van der Waals surface area contributed by atoms with E-state index in [1.54, 1.807) is 24.3 Å². The Balaban J connectivity index is 1.65. The molecule has 27 heavy (non-hydrogen) atoms. The molecular formula is C20H20N2O5. The molecule has 7 nitrogen and oxygen atoms in total. The van der Waals surface area contributed by atoms with Crippen LogP contribution in [0.2, 0.25) is 0 Å². The molecule has 7 heteroatoms. The first-order valence-electron chi connectivity index (χ1n) is 8.62. The highest BCUT2D eigenvalue weighted by Gasteiger charge is 2.32. The van der Waals surface area contributed by atoms with Crippen LogP contribution < -0.4 is 10.1 Å². The van der Waals surface area contributed by atoms with E-state index in [-0.39, 0.29) is 13.2 Å². The molecule has 0 aromatic heterocycles. The average molecular weight is 368 g/mol. The van der Waals surface area contributed by atoms with Gasteiger partial charge in [0.2, 0.25) is 0 Å². The topological polar surface area (TPSA) is 84.9 Å². The molecule has 1 fully saturated rings. The van der Waals surface area contributed by atoms with Crippen LogP contribution in [-0.2, 0) is 16.1 Å². The van der Waals surface area contributed by atoms with Crippen molar-refractivity contribution in [2.75, 3.05) is 13.1 Å². The summed E-state index contributed by atoms with van der Waals surface area (Å²) in [6.07, 6.45) is -1.07. The van der Waals surface area contributed by atoms with Crippen LogP contribution in [0.15, 0.2) is 54.6 Å². The molecule has 0 saturated carbocycles. The van der Waals surface area contributed by atoms with Crippen molar-refractivity contribution < 1.29 is 23.9 Å². The van der Waals surface area contributed by atoms with E-state index < -0.39 is 24.0 Å². The summed E-state index contributed by atoms with van der Waals surface area (Å²) in [6, 6.07) is 15.7. The Kier molecular flexibility index (Phi) is 5.71. The quantitative estimate of drug-likeness (QED) is 0.791. The minimum atomic E-state index is -1.07. The van der Waals surface area contributed by atoms with Crippen LogP contribution in [0.4, 0.5) is 4.79 Å². The first-order valence-corrected chi connectivity index (χ1v) is 8.62. The van der Waals surface area contributed by atoms with E-state index in [0.29, 0.717) is 23.4 Å². The van der Waals surface area contributed by atoms with Crippen LogP contribution in [0.1, 0.15) is 22.8 Å². The van der Waals surface area contributed by atoms with Gasteiger partial charge in [0.25, 0.3) is 5.91 Å². The van der Waals surface area contributed by atoms with Crippen molar-refractivity contribution in [3.05, 3.63) is 65.7 Å². The smallest absolute Gasteiger partial charge is 0.339 e. The van der Waals surface area contributed by atoms with Gasteiger partial charge in [0.05, 0.1) is 5.56 Å². The number of nitrogens with zero attached hydrogens (tertiary/aromatic N) is 1. The summed E-state index contributed by atoms with van der Waals surface area (Å²) >= 11 is 0. The van der Waals surface area contributed by atoms with E-state index in [0.717, 1.165) is 4.90 Å². The molecule has 3 rings (SSSR count). The van der Waals surface area contributed by atoms with Gasteiger partial charge in [-0.2, -0.15) is 0 Å². The van der Waals surface area contributed by atoms with Gasteiger partial charge in [-0.05, 0) is 25.1 Å². The van der Waals surface area contributed by atoms with Gasteiger partial charge < -0.3 is 14.8 Å². The monoisotopic (exact) mass is 368 g/mol. The summed E-state index contributed by atoms with van der Waals surface area (Å²) in [5, 5.41) is 2.54. The van der Waals surface area contributed by atoms with E-state index in [1.165, 1.54) is 6.92 Å². The fourth-order valence-electron chi connectivity index (χ4n) is 2.70. The van der Waals surface area contributed by atoms with Gasteiger partial charge in [-0.3, -0.25) is 9.69 Å². The third kappa shape index (κ3) is 4.44. The van der Waals surface area contributed by atoms with Gasteiger partial charge in [-0.25, -0.2) is 9.59 Å². The molecular weight excluding hydrogens is 348 g/mol. The largest absolute Gasteiger partial charge is 0.489 e. The van der Waals surface area contributed by atoms with Gasteiger partial charge in [-0.1, -0.05) is 36.4 Å². The minimum Gasteiger partial charge on any atom is -0.489 e. The predicted molar refractivity (Wildman–Crippen MR) is 97.2 cm³/mol. The molecule has 2 aromatic carbocycles. The van der Waals surface area contributed by atoms with Crippen molar-refractivity contribution in [1.29, 1.82) is 0 Å². The number of benzene rings is 2. The number of imide groups is 1. The lowest BCUT2D eigenvalue weighted by Gasteiger charge is -2.19. The number of nitrogens with one attached hydrogen (secondary N) is 1. The fraction of sp³-hybridized carbons (Fsp3) is 0.250. The number of rotatable bonds is 6. The minimum absolute atomic E-state index is 0.187. The van der Waals surface area contributed by atoms with Gasteiger partial charge in [0.15, 0.2) is 6.10 Å². The van der Waals surface area contributed by atoms with Crippen molar-refractivity contribution >= 4 is 17.9 Å². The van der Waals surface area contributed by atoms with Crippen LogP contribution in [0.5, 0.6) is 5.75 Å². The molecule has 1 heterocycles. The molecule has 140 valence electrons. The number of urea groups is 1. The Morgan fingerprint density at radius 3 is 2.52 bits per heavy atom. The number of hydrogen-bond acceptors (Lipinski definition) is 5. The lowest BCUT2D eigenvalue weighted by Crippen LogP contribution is -2.41. The van der Waals surface area contributed by atoms with Crippen LogP contribution in [-0.4, -0.2) is 42.0 Å². The van der Waals surface area contributed by atoms with Crippen LogP contribution in [0.25, 0.3) is 0 Å². The number of para-hydroxylation sites is 1. The summed E-state index contributed by atoms with van der Waals surface area (Å²) < 4.78 is 11.0. The summed E-state index contributed by atoms with van der Waals surface area (Å²) in [5.41, 5.74) is 0.962. The molecule has 1 aliphatic rings. The molecule has 2 aromatic rings. The third-order valence-electron chi connectivity index (χ3n) is 4.13. The van der Waals surface area contributed by atoms with Gasteiger partial charge in [0.1, 0.15) is 12.4 Å². The van der Waals surface area contributed by atoms with E-state index in [2.05, 4.69) is 5.32 Å². The number of esters is 1. The van der Waals surface area contributed by atoms with Crippen LogP contribution >= 0.6 is 0 Å². The molecule has 1 aliphatic heterocycles. The van der Waals surface area contributed by atoms with E-state index >= 15 is 0 Å². The van der Waals surface area contributed by atoms with E-state index in [4.69, 9.17) is 9.47 Å². The third-order valence-corrected chi connectivity index (χ3v) is 4.13. The van der Waals surface area contributed by atoms with Crippen molar-refractivity contribution in [2.24, 2.45) is 0 Å². The SMILES string of the molecule is C[C@H](OC(=O)c1ccccc1COc1ccccc1)C(=O)N1CCNC1=O. The Morgan fingerprint density at radius 2 is 1.81 bits per heavy atom. The van der Waals surface area contributed by atoms with E-state index in [1.807, 2.05) is 30.3 Å². The second-order valence-electron chi connectivity index (χ2n) is 6.03. The van der Waals surface area contributed by atoms with Crippen LogP contribution in [0.3, 0.4) is 0 Å². The fourth-order valence-corrected chi connectivity index (χ4v) is 2.70. The highest BCUT2D eigenvalue weighted by molar-refractivity contribution is 5.99. The second kappa shape index (κ2) is 8.35. The maximum Gasteiger partial charge on any atom is 0.339 e. The molecule has 3 amide bonds. The van der Waals surface area contributed by atoms with Crippen molar-refractivity contribution in [1.82, 2.24) is 10.2 Å². The Labute approximate surface area is 156 Å². The zero-order chi connectivity index (χ0) is 19.2. The number of carbonyl (C=O) groups excluding carboxylic acids is 3. The number of carbonyl (C=O) groups is 3. The number of ether oxygens (including phenoxy) is 2. The number of hydrogen-bond donors (Lipinski definition) is 1. The van der Waals surface area contributed by atoms with Crippen molar-refractivity contribution in [3.63, 3.8) is 0 Å². The first-order chi connectivity index (χ1) is 13.1. The lowest BCUT2D eigenvalue weighted by atomic mass is 10.1. The highest BCUT2D eigenvalue weighted by atomic mass is 16.5. The van der Waals surface area contributed by atoms with Gasteiger partial charge in [0, 0.05) is 18.7 Å². The Hall–Kier alpha value is -3.35. The zero-order valence-corrected chi connectivity index (χ0v) is 14.9. The lowest BCUT2D eigenvalue weighted by molar-refractivity contribution is -0.136. The molecule has 0 bridgehead atoms. The maximum atomic E-state index is 12.5. The van der Waals surface area contributed by atoms with Crippen LogP contribution in [0, 0.1) is 0 Å². The first kappa shape index (κ1) is 18.4. The second-order valence-corrected chi connectivity index (χ2v) is 6.03.